The second-order valence-corrected chi connectivity index (χ2v) is 5.81. The van der Waals surface area contributed by atoms with Gasteiger partial charge in [0.1, 0.15) is 0 Å². The van der Waals surface area contributed by atoms with E-state index in [1.165, 1.54) is 21.5 Å². The Labute approximate surface area is 86.0 Å². The zero-order chi connectivity index (χ0) is 10.4. The molecule has 0 aliphatic carbocycles. The van der Waals surface area contributed by atoms with E-state index in [9.17, 15) is 0 Å². The van der Waals surface area contributed by atoms with Crippen LogP contribution in [0.25, 0.3) is 21.0 Å². The molecule has 0 N–H and O–H groups in total. The number of hydrogen-bond donors (Lipinski definition) is 0. The molecule has 82 valence electrons. The molecule has 15 heavy (non-hydrogen) atoms. The van der Waals surface area contributed by atoms with E-state index in [4.69, 9.17) is 0 Å². The van der Waals surface area contributed by atoms with Crippen molar-refractivity contribution in [1.82, 2.24) is 4.98 Å². The van der Waals surface area contributed by atoms with Gasteiger partial charge < -0.3 is 0 Å². The summed E-state index contributed by atoms with van der Waals surface area (Å²) in [4.78, 5) is 4.61. The van der Waals surface area contributed by atoms with E-state index in [0.29, 0.717) is 0 Å². The number of fused-ring (bicyclic) bond motifs is 3. The monoisotopic (exact) mass is 460 g/mol. The fraction of sp³-hybridized carbons (Fsp3) is 0.0833. The molecule has 2 aromatic carbocycles. The Morgan fingerprint density at radius 1 is 1.20 bits per heavy atom. The van der Waals surface area contributed by atoms with E-state index in [1.54, 1.807) is 11.3 Å². The number of benzene rings is 2. The quantitative estimate of drug-likeness (QED) is 0.503. The fourth-order valence-electron chi connectivity index (χ4n) is 1.79. The van der Waals surface area contributed by atoms with Crippen LogP contribution in [0.4, 0.5) is 0 Å². The maximum absolute atomic E-state index is 4.61. The van der Waals surface area contributed by atoms with Gasteiger partial charge in [0.15, 0.2) is 0 Å². The van der Waals surface area contributed by atoms with Crippen LogP contribution in [0.5, 0.6) is 0 Å². The van der Waals surface area contributed by atoms with Gasteiger partial charge in [-0.1, -0.05) is 0 Å². The Morgan fingerprint density at radius 2 is 2.07 bits per heavy atom. The molecule has 0 radical (unpaired) electrons. The first-order valence-electron chi connectivity index (χ1n) is 4.64. The molecule has 3 heteroatoms. The molecule has 0 atom stereocenters. The summed E-state index contributed by atoms with van der Waals surface area (Å²) in [6.07, 6.45) is 0. The van der Waals surface area contributed by atoms with Crippen LogP contribution < -0.4 is 6.07 Å². The molecule has 3 rings (SSSR count). The molecular formula is C12H8LrNS. The van der Waals surface area contributed by atoms with Crippen LogP contribution in [0.1, 0.15) is 5.01 Å². The van der Waals surface area contributed by atoms with Crippen molar-refractivity contribution in [3.63, 3.8) is 0 Å². The van der Waals surface area contributed by atoms with Crippen molar-refractivity contribution in [3.8, 4) is 0 Å². The van der Waals surface area contributed by atoms with Crippen molar-refractivity contribution >= 4 is 38.4 Å². The van der Waals surface area contributed by atoms with Gasteiger partial charge in [0, 0.05) is 0 Å². The van der Waals surface area contributed by atoms with Crippen molar-refractivity contribution in [2.24, 2.45) is 0 Å². The number of hydrogen-bond acceptors (Lipinski definition) is 2. The molecule has 0 aliphatic heterocycles. The Bertz CT molecular complexity index is 657. The van der Waals surface area contributed by atoms with Crippen LogP contribution in [0.15, 0.2) is 30.3 Å². The summed E-state index contributed by atoms with van der Waals surface area (Å²) in [5, 5.41) is 3.68. The molecule has 0 saturated carbocycles. The fourth-order valence-corrected chi connectivity index (χ4v) is 3.39. The Hall–Kier alpha value is -2.41. The van der Waals surface area contributed by atoms with E-state index in [0.717, 1.165) is 10.5 Å². The minimum atomic E-state index is 1.13. The second-order valence-electron chi connectivity index (χ2n) is 3.42. The zero-order valence-corrected chi connectivity index (χ0v) is 11.0. The third kappa shape index (κ3) is 1.00. The van der Waals surface area contributed by atoms with Gasteiger partial charge in [-0.15, -0.1) is 0 Å². The second kappa shape index (κ2) is 2.55. The molecule has 0 saturated heterocycles. The molecule has 1 aromatic heterocycles. The summed E-state index contributed by atoms with van der Waals surface area (Å²) < 4.78 is 3.86. The first kappa shape index (κ1) is 7.94. The van der Waals surface area contributed by atoms with Gasteiger partial charge in [-0.3, -0.25) is 0 Å². The Morgan fingerprint density at radius 3 is 2.93 bits per heavy atom. The average molecular weight is 460 g/mol. The number of thiazole rings is 1. The predicted octanol–water partition coefficient (Wildman–Crippen LogP) is 2.93. The first-order valence-corrected chi connectivity index (χ1v) is 6.53. The normalized spacial score (nSPS) is 11.4. The summed E-state index contributed by atoms with van der Waals surface area (Å²) in [5.74, 6) is 0. The van der Waals surface area contributed by atoms with Crippen LogP contribution in [-0.2, 0) is 0 Å². The van der Waals surface area contributed by atoms with Gasteiger partial charge in [0.05, 0.1) is 0 Å². The molecule has 0 unspecified atom stereocenters. The molecule has 0 aliphatic rings. The van der Waals surface area contributed by atoms with Gasteiger partial charge in [-0.2, -0.15) is 0 Å². The average Bonchev–Trinajstić information content (AvgIpc) is 2.58. The summed E-state index contributed by atoms with van der Waals surface area (Å²) in [6.45, 7) is 2.06. The van der Waals surface area contributed by atoms with Gasteiger partial charge in [0.25, 0.3) is 0 Å². The van der Waals surface area contributed by atoms with Crippen molar-refractivity contribution in [3.05, 3.63) is 35.3 Å². The number of aromatic nitrogens is 1. The molecular weight excluding hydrogens is 452 g/mol. The molecule has 0 spiro atoms. The molecule has 3 aromatic rings. The minimum absolute atomic E-state index is 1.13. The maximum atomic E-state index is 4.61. The van der Waals surface area contributed by atoms with Gasteiger partial charge >= 0.3 is 85.6 Å². The molecule has 0 bridgehead atoms. The van der Waals surface area contributed by atoms with E-state index in [-0.39, 0.29) is 0 Å². The first-order chi connectivity index (χ1) is 7.25. The number of rotatable bonds is 0. The Kier molecular flexibility index (Phi) is 1.35. The van der Waals surface area contributed by atoms with Crippen LogP contribution in [0, 0.1) is 6.92 Å². The van der Waals surface area contributed by atoms with Crippen molar-refractivity contribution in [2.45, 2.75) is 6.92 Å². The van der Waals surface area contributed by atoms with Crippen LogP contribution >= 0.6 is 11.3 Å². The topological polar surface area (TPSA) is 12.9 Å². The predicted molar refractivity (Wildman–Crippen MR) is 61.5 cm³/mol. The van der Waals surface area contributed by atoms with E-state index >= 15 is 0 Å². The van der Waals surface area contributed by atoms with Crippen LogP contribution in [0.2, 0.25) is 0 Å². The molecule has 1 nitrogen and oxygen atoms in total. The van der Waals surface area contributed by atoms with Crippen LogP contribution in [0.3, 0.4) is 0 Å². The zero-order valence-electron chi connectivity index (χ0n) is 8.00. The van der Waals surface area contributed by atoms with E-state index in [2.05, 4.69) is 42.2 Å². The van der Waals surface area contributed by atoms with Gasteiger partial charge in [0.2, 0.25) is 0 Å². The summed E-state index contributed by atoms with van der Waals surface area (Å²) in [7, 11) is 0. The summed E-state index contributed by atoms with van der Waals surface area (Å²) in [6, 6.07) is 11.9. The molecule has 0 amide bonds. The summed E-state index contributed by atoms with van der Waals surface area (Å²) >= 11 is 1.76. The standard InChI is InChI=1S/C12H8NS.Lr/c1-8-13-12-10-5-3-2-4-9(10)6-7-11(12)14-8;/h2-4,6-7H,1H3;. The Balaban J connectivity index is 2.62. The van der Waals surface area contributed by atoms with E-state index < -0.39 is 0 Å². The molecule has 1 heterocycles. The van der Waals surface area contributed by atoms with Crippen molar-refractivity contribution < 1.29 is 0 Å². The number of nitrogens with zero attached hydrogens (tertiary/aromatic N) is 1. The SMILES string of the molecule is Cc1nc2c(ccc3ccc[c]([Lr])c32)s1. The third-order valence-electron chi connectivity index (χ3n) is 2.41. The molecule has 0 fully saturated rings. The summed E-state index contributed by atoms with van der Waals surface area (Å²) in [5.41, 5.74) is 1.15. The van der Waals surface area contributed by atoms with Gasteiger partial charge in [-0.05, 0) is 0 Å². The third-order valence-corrected chi connectivity index (χ3v) is 4.24. The van der Waals surface area contributed by atoms with E-state index in [1.807, 2.05) is 0 Å². The number of aryl methyl sites for hydroxylation is 1. The van der Waals surface area contributed by atoms with Crippen LogP contribution in [-0.4, -0.2) is 4.98 Å². The van der Waals surface area contributed by atoms with Crippen molar-refractivity contribution in [1.29, 1.82) is 0 Å². The van der Waals surface area contributed by atoms with Gasteiger partial charge in [-0.25, -0.2) is 0 Å². The van der Waals surface area contributed by atoms with Crippen molar-refractivity contribution in [2.75, 3.05) is 0 Å².